The number of sulfonamides is 1. The van der Waals surface area contributed by atoms with Crippen molar-refractivity contribution in [1.82, 2.24) is 9.62 Å². The molecule has 1 atom stereocenters. The standard InChI is InChI=1S/C15H21ClN2O4S.ClH/c1-3-8-18(12-6-7-17-10-12)23(20,21)14-9-11(16)4-5-13(14)15(19)22-2;/h4-5,9,12,17H,3,6-8,10H2,1-2H3;1H. The Morgan fingerprint density at radius 3 is 2.71 bits per heavy atom. The first-order chi connectivity index (χ1) is 10.9. The number of carbonyl (C=O) groups is 1. The maximum Gasteiger partial charge on any atom is 0.339 e. The number of rotatable bonds is 6. The van der Waals surface area contributed by atoms with Gasteiger partial charge in [0.1, 0.15) is 0 Å². The summed E-state index contributed by atoms with van der Waals surface area (Å²) in [5.41, 5.74) is 0.00367. The number of hydrogen-bond acceptors (Lipinski definition) is 5. The number of methoxy groups -OCH3 is 1. The molecule has 0 amide bonds. The van der Waals surface area contributed by atoms with E-state index in [9.17, 15) is 13.2 Å². The summed E-state index contributed by atoms with van der Waals surface area (Å²) < 4.78 is 32.4. The number of carbonyl (C=O) groups excluding carboxylic acids is 1. The monoisotopic (exact) mass is 396 g/mol. The van der Waals surface area contributed by atoms with Crippen molar-refractivity contribution in [3.63, 3.8) is 0 Å². The van der Waals surface area contributed by atoms with Crippen LogP contribution in [0.5, 0.6) is 0 Å². The van der Waals surface area contributed by atoms with Gasteiger partial charge in [-0.2, -0.15) is 4.31 Å². The minimum Gasteiger partial charge on any atom is -0.465 e. The van der Waals surface area contributed by atoms with Gasteiger partial charge >= 0.3 is 5.97 Å². The van der Waals surface area contributed by atoms with Gasteiger partial charge < -0.3 is 10.1 Å². The van der Waals surface area contributed by atoms with Crippen molar-refractivity contribution in [2.45, 2.75) is 30.7 Å². The molecule has 1 aromatic rings. The molecule has 6 nitrogen and oxygen atoms in total. The van der Waals surface area contributed by atoms with E-state index in [0.29, 0.717) is 19.5 Å². The second-order valence-electron chi connectivity index (χ2n) is 5.39. The van der Waals surface area contributed by atoms with Gasteiger partial charge in [0.25, 0.3) is 0 Å². The molecule has 1 aromatic carbocycles. The minimum absolute atomic E-state index is 0. The average Bonchev–Trinajstić information content (AvgIpc) is 3.05. The number of esters is 1. The molecule has 0 aliphatic carbocycles. The van der Waals surface area contributed by atoms with Gasteiger partial charge in [0.15, 0.2) is 0 Å². The Balaban J connectivity index is 0.00000288. The van der Waals surface area contributed by atoms with Crippen molar-refractivity contribution in [2.24, 2.45) is 0 Å². The predicted molar refractivity (Wildman–Crippen MR) is 95.5 cm³/mol. The fourth-order valence-corrected chi connectivity index (χ4v) is 4.91. The van der Waals surface area contributed by atoms with Crippen LogP contribution in [0.25, 0.3) is 0 Å². The molecule has 1 aliphatic heterocycles. The summed E-state index contributed by atoms with van der Waals surface area (Å²) >= 11 is 5.96. The molecule has 0 radical (unpaired) electrons. The Morgan fingerprint density at radius 2 is 2.17 bits per heavy atom. The van der Waals surface area contributed by atoms with Crippen LogP contribution in [0.15, 0.2) is 23.1 Å². The topological polar surface area (TPSA) is 75.7 Å². The molecule has 24 heavy (non-hydrogen) atoms. The van der Waals surface area contributed by atoms with Crippen molar-refractivity contribution >= 4 is 40.0 Å². The lowest BCUT2D eigenvalue weighted by molar-refractivity contribution is 0.0596. The van der Waals surface area contributed by atoms with Gasteiger partial charge in [0.2, 0.25) is 10.0 Å². The van der Waals surface area contributed by atoms with E-state index in [2.05, 4.69) is 5.32 Å². The number of halogens is 2. The highest BCUT2D eigenvalue weighted by Crippen LogP contribution is 2.27. The summed E-state index contributed by atoms with van der Waals surface area (Å²) in [7, 11) is -2.63. The molecule has 9 heteroatoms. The minimum atomic E-state index is -3.85. The first-order valence-electron chi connectivity index (χ1n) is 7.52. The van der Waals surface area contributed by atoms with Crippen molar-refractivity contribution in [3.05, 3.63) is 28.8 Å². The molecule has 0 aromatic heterocycles. The van der Waals surface area contributed by atoms with Gasteiger partial charge in [-0.05, 0) is 37.6 Å². The molecule has 136 valence electrons. The number of nitrogens with one attached hydrogen (secondary N) is 1. The molecule has 0 bridgehead atoms. The first-order valence-corrected chi connectivity index (χ1v) is 9.34. The molecule has 0 spiro atoms. The fraction of sp³-hybridized carbons (Fsp3) is 0.533. The highest BCUT2D eigenvalue weighted by molar-refractivity contribution is 7.89. The lowest BCUT2D eigenvalue weighted by Crippen LogP contribution is -2.42. The van der Waals surface area contributed by atoms with Crippen LogP contribution in [0.2, 0.25) is 5.02 Å². The lowest BCUT2D eigenvalue weighted by atomic mass is 10.2. The first kappa shape index (κ1) is 21.2. The Kier molecular flexibility index (Phi) is 7.95. The molecular weight excluding hydrogens is 375 g/mol. The number of ether oxygens (including phenoxy) is 1. The highest BCUT2D eigenvalue weighted by Gasteiger charge is 2.35. The lowest BCUT2D eigenvalue weighted by Gasteiger charge is -2.28. The summed E-state index contributed by atoms with van der Waals surface area (Å²) in [6.45, 7) is 3.69. The van der Waals surface area contributed by atoms with Crippen molar-refractivity contribution in [2.75, 3.05) is 26.7 Å². The van der Waals surface area contributed by atoms with Crippen LogP contribution in [0.1, 0.15) is 30.1 Å². The van der Waals surface area contributed by atoms with Gasteiger partial charge in [0, 0.05) is 24.2 Å². The van der Waals surface area contributed by atoms with E-state index >= 15 is 0 Å². The molecule has 1 heterocycles. The fourth-order valence-electron chi connectivity index (χ4n) is 2.72. The maximum atomic E-state index is 13.1. The van der Waals surface area contributed by atoms with Gasteiger partial charge in [-0.25, -0.2) is 13.2 Å². The Bertz CT molecular complexity index is 676. The van der Waals surface area contributed by atoms with Crippen LogP contribution in [0.4, 0.5) is 0 Å². The van der Waals surface area contributed by atoms with Crippen LogP contribution >= 0.6 is 24.0 Å². The summed E-state index contributed by atoms with van der Waals surface area (Å²) in [6.07, 6.45) is 1.43. The summed E-state index contributed by atoms with van der Waals surface area (Å²) in [5.74, 6) is -0.693. The molecule has 1 fully saturated rings. The van der Waals surface area contributed by atoms with Crippen molar-refractivity contribution in [1.29, 1.82) is 0 Å². The Labute approximate surface area is 154 Å². The highest BCUT2D eigenvalue weighted by atomic mass is 35.5. The molecule has 1 aliphatic rings. The Morgan fingerprint density at radius 1 is 1.46 bits per heavy atom. The van der Waals surface area contributed by atoms with E-state index < -0.39 is 16.0 Å². The molecule has 1 saturated heterocycles. The smallest absolute Gasteiger partial charge is 0.339 e. The second kappa shape index (κ2) is 9.01. The van der Waals surface area contributed by atoms with E-state index in [-0.39, 0.29) is 33.9 Å². The van der Waals surface area contributed by atoms with Gasteiger partial charge in [-0.3, -0.25) is 0 Å². The third-order valence-corrected chi connectivity index (χ3v) is 6.05. The summed E-state index contributed by atoms with van der Waals surface area (Å²) in [4.78, 5) is 11.8. The van der Waals surface area contributed by atoms with E-state index in [1.54, 1.807) is 0 Å². The third kappa shape index (κ3) is 4.40. The van der Waals surface area contributed by atoms with E-state index in [1.807, 2.05) is 6.92 Å². The van der Waals surface area contributed by atoms with Gasteiger partial charge in [-0.15, -0.1) is 12.4 Å². The van der Waals surface area contributed by atoms with Crippen LogP contribution in [-0.2, 0) is 14.8 Å². The summed E-state index contributed by atoms with van der Waals surface area (Å²) in [5, 5.41) is 3.43. The van der Waals surface area contributed by atoms with Crippen LogP contribution < -0.4 is 5.32 Å². The van der Waals surface area contributed by atoms with E-state index in [4.69, 9.17) is 16.3 Å². The van der Waals surface area contributed by atoms with Crippen molar-refractivity contribution < 1.29 is 17.9 Å². The zero-order valence-electron chi connectivity index (χ0n) is 13.6. The molecule has 0 saturated carbocycles. The van der Waals surface area contributed by atoms with Crippen LogP contribution in [0, 0.1) is 0 Å². The number of hydrogen-bond donors (Lipinski definition) is 1. The summed E-state index contributed by atoms with van der Waals surface area (Å²) in [6, 6.07) is 4.06. The molecule has 1 unspecified atom stereocenters. The van der Waals surface area contributed by atoms with Crippen LogP contribution in [-0.4, -0.2) is 51.5 Å². The van der Waals surface area contributed by atoms with Crippen molar-refractivity contribution in [3.8, 4) is 0 Å². The van der Waals surface area contributed by atoms with E-state index in [1.165, 1.54) is 29.6 Å². The molecule has 2 rings (SSSR count). The number of nitrogens with zero attached hydrogens (tertiary/aromatic N) is 1. The van der Waals surface area contributed by atoms with Crippen LogP contribution in [0.3, 0.4) is 0 Å². The molecule has 1 N–H and O–H groups in total. The quantitative estimate of drug-likeness (QED) is 0.746. The zero-order chi connectivity index (χ0) is 17.0. The zero-order valence-corrected chi connectivity index (χ0v) is 16.0. The van der Waals surface area contributed by atoms with Gasteiger partial charge in [-0.1, -0.05) is 18.5 Å². The molecular formula is C15H22Cl2N2O4S. The van der Waals surface area contributed by atoms with E-state index in [0.717, 1.165) is 13.0 Å². The average molecular weight is 397 g/mol. The Hall–Kier alpha value is -0.860. The largest absolute Gasteiger partial charge is 0.465 e. The second-order valence-corrected chi connectivity index (χ2v) is 7.69. The maximum absolute atomic E-state index is 13.1. The number of benzene rings is 1. The SMILES string of the molecule is CCCN(C1CCNC1)S(=O)(=O)c1cc(Cl)ccc1C(=O)OC.Cl. The normalized spacial score (nSPS) is 17.6. The van der Waals surface area contributed by atoms with Gasteiger partial charge in [0.05, 0.1) is 17.6 Å². The third-order valence-electron chi connectivity index (χ3n) is 3.82. The predicted octanol–water partition coefficient (Wildman–Crippen LogP) is 2.31.